The molecule has 0 spiro atoms. The van der Waals surface area contributed by atoms with Crippen molar-refractivity contribution in [3.8, 4) is 0 Å². The van der Waals surface area contributed by atoms with Crippen LogP contribution in [-0.2, 0) is 9.30 Å². The summed E-state index contributed by atoms with van der Waals surface area (Å²) in [7, 11) is 1.66. The number of nitrogens with one attached hydrogen (secondary N) is 3. The lowest BCUT2D eigenvalue weighted by molar-refractivity contribution is 0.201. The van der Waals surface area contributed by atoms with E-state index in [0.717, 1.165) is 23.3 Å². The highest BCUT2D eigenvalue weighted by Crippen LogP contribution is 2.46. The molecule has 2 atom stereocenters. The first-order valence-electron chi connectivity index (χ1n) is 9.14. The van der Waals surface area contributed by atoms with Gasteiger partial charge in [-0.15, -0.1) is 0 Å². The Labute approximate surface area is 175 Å². The summed E-state index contributed by atoms with van der Waals surface area (Å²) in [5.41, 5.74) is 15.3. The van der Waals surface area contributed by atoms with Crippen LogP contribution in [0, 0.1) is 5.41 Å². The fourth-order valence-corrected chi connectivity index (χ4v) is 4.32. The first-order valence-corrected chi connectivity index (χ1v) is 12.9. The molecule has 0 aliphatic carbocycles. The Morgan fingerprint density at radius 1 is 1.52 bits per heavy atom. The zero-order chi connectivity index (χ0) is 21.4. The van der Waals surface area contributed by atoms with Crippen molar-refractivity contribution in [2.45, 2.75) is 19.5 Å². The highest BCUT2D eigenvalue weighted by molar-refractivity contribution is 8.57. The third-order valence-corrected chi connectivity index (χ3v) is 7.04. The number of methoxy groups -OCH3 is 1. The van der Waals surface area contributed by atoms with Gasteiger partial charge in [-0.2, -0.15) is 0 Å². The quantitative estimate of drug-likeness (QED) is 0.214. The molecule has 0 saturated heterocycles. The van der Waals surface area contributed by atoms with Gasteiger partial charge < -0.3 is 26.5 Å². The summed E-state index contributed by atoms with van der Waals surface area (Å²) in [6.45, 7) is 1.48. The number of nitrogen functional groups attached to an aromatic ring is 1. The Bertz CT molecular complexity index is 877. The van der Waals surface area contributed by atoms with Crippen molar-refractivity contribution in [3.63, 3.8) is 0 Å². The lowest BCUT2D eigenvalue weighted by Gasteiger charge is -2.17. The number of nitrogens with two attached hydrogens (primary N) is 2. The highest BCUT2D eigenvalue weighted by Gasteiger charge is 2.23. The predicted octanol–water partition coefficient (Wildman–Crippen LogP) is 2.90. The summed E-state index contributed by atoms with van der Waals surface area (Å²) in [5.74, 6) is 0.858. The van der Waals surface area contributed by atoms with Crippen LogP contribution < -0.4 is 21.9 Å². The SMILES string of the molecule is C/C=C(\C=C/CSP(C)(N)=O)c1cnc(N)c(C(=N)C2NC=C(CCOC)N2)c1. The molecule has 158 valence electrons. The Morgan fingerprint density at radius 2 is 2.28 bits per heavy atom. The zero-order valence-electron chi connectivity index (χ0n) is 16.9. The average Bonchev–Trinajstić information content (AvgIpc) is 3.15. The molecular weight excluding hydrogens is 407 g/mol. The second-order valence-electron chi connectivity index (χ2n) is 6.58. The molecule has 0 saturated carbocycles. The number of allylic oxidation sites excluding steroid dienone is 3. The molecule has 0 aromatic carbocycles. The van der Waals surface area contributed by atoms with Crippen LogP contribution >= 0.6 is 17.9 Å². The number of anilines is 1. The number of ether oxygens (including phenoxy) is 1. The van der Waals surface area contributed by atoms with E-state index in [1.165, 1.54) is 11.4 Å². The number of hydrogen-bond donors (Lipinski definition) is 5. The lowest BCUT2D eigenvalue weighted by atomic mass is 10.0. The molecule has 2 rings (SSSR count). The zero-order valence-corrected chi connectivity index (χ0v) is 18.6. The maximum absolute atomic E-state index is 11.6. The normalized spacial score (nSPS) is 18.8. The van der Waals surface area contributed by atoms with E-state index in [-0.39, 0.29) is 6.17 Å². The lowest BCUT2D eigenvalue weighted by Crippen LogP contribution is -2.40. The summed E-state index contributed by atoms with van der Waals surface area (Å²) in [6, 6.07) is 1.86. The van der Waals surface area contributed by atoms with Crippen LogP contribution in [0.1, 0.15) is 24.5 Å². The van der Waals surface area contributed by atoms with Crippen molar-refractivity contribution in [3.05, 3.63) is 53.5 Å². The summed E-state index contributed by atoms with van der Waals surface area (Å²) in [5, 5.41) is 15.0. The molecule has 0 amide bonds. The van der Waals surface area contributed by atoms with E-state index in [9.17, 15) is 4.57 Å². The molecule has 2 heterocycles. The highest BCUT2D eigenvalue weighted by atomic mass is 32.7. The predicted molar refractivity (Wildman–Crippen MR) is 123 cm³/mol. The van der Waals surface area contributed by atoms with E-state index in [0.29, 0.717) is 29.5 Å². The molecule has 29 heavy (non-hydrogen) atoms. The van der Waals surface area contributed by atoms with Crippen molar-refractivity contribution >= 4 is 35.0 Å². The van der Waals surface area contributed by atoms with Crippen molar-refractivity contribution in [1.29, 1.82) is 5.41 Å². The first-order chi connectivity index (χ1) is 13.7. The van der Waals surface area contributed by atoms with Gasteiger partial charge in [0.2, 0.25) is 0 Å². The summed E-state index contributed by atoms with van der Waals surface area (Å²) < 4.78 is 16.7. The van der Waals surface area contributed by atoms with E-state index >= 15 is 0 Å². The molecule has 1 aromatic rings. The van der Waals surface area contributed by atoms with Crippen LogP contribution in [-0.4, -0.2) is 43.0 Å². The van der Waals surface area contributed by atoms with Gasteiger partial charge in [-0.1, -0.05) is 29.6 Å². The molecule has 0 fully saturated rings. The van der Waals surface area contributed by atoms with E-state index in [2.05, 4.69) is 15.6 Å². The Morgan fingerprint density at radius 3 is 2.93 bits per heavy atom. The molecule has 10 heteroatoms. The number of rotatable bonds is 10. The van der Waals surface area contributed by atoms with Crippen LogP contribution in [0.15, 0.2) is 42.4 Å². The molecule has 1 aliphatic rings. The van der Waals surface area contributed by atoms with Crippen LogP contribution in [0.4, 0.5) is 5.82 Å². The van der Waals surface area contributed by atoms with Gasteiger partial charge in [0.15, 0.2) is 6.49 Å². The molecule has 2 unspecified atom stereocenters. The van der Waals surface area contributed by atoms with E-state index in [4.69, 9.17) is 21.4 Å². The Kier molecular flexibility index (Phi) is 8.52. The number of hydrogen-bond acceptors (Lipinski definition) is 8. The maximum Gasteiger partial charge on any atom is 0.195 e. The van der Waals surface area contributed by atoms with Gasteiger partial charge in [0, 0.05) is 55.2 Å². The average molecular weight is 437 g/mol. The topological polar surface area (TPSA) is 139 Å². The Balaban J connectivity index is 2.11. The van der Waals surface area contributed by atoms with Crippen LogP contribution in [0.5, 0.6) is 0 Å². The monoisotopic (exact) mass is 436 g/mol. The molecule has 0 bridgehead atoms. The third-order valence-electron chi connectivity index (χ3n) is 4.20. The van der Waals surface area contributed by atoms with Gasteiger partial charge >= 0.3 is 0 Å². The van der Waals surface area contributed by atoms with Gasteiger partial charge in [0.25, 0.3) is 0 Å². The summed E-state index contributed by atoms with van der Waals surface area (Å²) in [4.78, 5) is 4.28. The van der Waals surface area contributed by atoms with Gasteiger partial charge in [-0.3, -0.25) is 10.1 Å². The maximum atomic E-state index is 11.6. The van der Waals surface area contributed by atoms with Gasteiger partial charge in [0.05, 0.1) is 12.3 Å². The molecule has 1 aromatic heterocycles. The fourth-order valence-electron chi connectivity index (χ4n) is 2.69. The van der Waals surface area contributed by atoms with Gasteiger partial charge in [-0.25, -0.2) is 4.98 Å². The second kappa shape index (κ2) is 10.6. The van der Waals surface area contributed by atoms with Crippen molar-refractivity contribution < 1.29 is 9.30 Å². The van der Waals surface area contributed by atoms with Crippen LogP contribution in [0.2, 0.25) is 0 Å². The summed E-state index contributed by atoms with van der Waals surface area (Å²) >= 11 is 1.23. The number of nitrogens with zero attached hydrogens (tertiary/aromatic N) is 1. The van der Waals surface area contributed by atoms with Gasteiger partial charge in [-0.05, 0) is 18.6 Å². The summed E-state index contributed by atoms with van der Waals surface area (Å²) in [6.07, 6.45) is 9.70. The smallest absolute Gasteiger partial charge is 0.195 e. The molecular formula is C19H29N6O2PS. The second-order valence-corrected chi connectivity index (χ2v) is 11.9. The molecule has 7 N–H and O–H groups in total. The first kappa shape index (κ1) is 23.2. The molecule has 0 radical (unpaired) electrons. The number of pyridine rings is 1. The fraction of sp³-hybridized carbons (Fsp3) is 0.368. The van der Waals surface area contributed by atoms with Crippen molar-refractivity contribution in [1.82, 2.24) is 15.6 Å². The van der Waals surface area contributed by atoms with Crippen molar-refractivity contribution in [2.75, 3.05) is 31.9 Å². The molecule has 8 nitrogen and oxygen atoms in total. The largest absolute Gasteiger partial charge is 0.384 e. The third kappa shape index (κ3) is 7.04. The number of aromatic nitrogens is 1. The Hall–Kier alpha value is -2.06. The van der Waals surface area contributed by atoms with Crippen molar-refractivity contribution in [2.24, 2.45) is 5.50 Å². The molecule has 1 aliphatic heterocycles. The van der Waals surface area contributed by atoms with Gasteiger partial charge in [0.1, 0.15) is 12.0 Å². The van der Waals surface area contributed by atoms with E-state index in [1.54, 1.807) is 20.0 Å². The van der Waals surface area contributed by atoms with Crippen LogP contribution in [0.3, 0.4) is 0 Å². The minimum Gasteiger partial charge on any atom is -0.384 e. The minimum atomic E-state index is -2.60. The van der Waals surface area contributed by atoms with Crippen LogP contribution in [0.25, 0.3) is 5.57 Å². The van der Waals surface area contributed by atoms with E-state index in [1.807, 2.05) is 37.4 Å². The van der Waals surface area contributed by atoms with E-state index < -0.39 is 6.49 Å². The minimum absolute atomic E-state index is 0.303. The standard InChI is InChI=1S/C19H29N6O2PS/c1-4-13(6-5-9-29-28(3,22)26)14-10-16(18(21)23-11-14)17(20)19-24-12-15(25-19)7-8-27-2/h4-6,10-12,19-20,24-25H,7-9H2,1-3H3,(H2,21,23)(H2,22,26)/b6-5-,13-4+,20-17?.